The van der Waals surface area contributed by atoms with E-state index in [1.165, 1.54) is 0 Å². The third-order valence-electron chi connectivity index (χ3n) is 3.44. The number of amides is 1. The van der Waals surface area contributed by atoms with Crippen LogP contribution in [0.4, 0.5) is 0 Å². The van der Waals surface area contributed by atoms with Crippen LogP contribution in [0.1, 0.15) is 43.6 Å². The molecule has 1 atom stereocenters. The predicted molar refractivity (Wildman–Crippen MR) is 86.4 cm³/mol. The van der Waals surface area contributed by atoms with Gasteiger partial charge in [-0.2, -0.15) is 0 Å². The lowest BCUT2D eigenvalue weighted by molar-refractivity contribution is -0.137. The average molecular weight is 320 g/mol. The Balaban J connectivity index is 1.70. The molecule has 1 unspecified atom stereocenters. The highest BCUT2D eigenvalue weighted by Crippen LogP contribution is 2.33. The summed E-state index contributed by atoms with van der Waals surface area (Å²) in [7, 11) is 0. The Kier molecular flexibility index (Phi) is 6.45. The third-order valence-corrected chi connectivity index (χ3v) is 4.52. The number of carboxylic acid groups (broad SMARTS) is 1. The first kappa shape index (κ1) is 16.5. The van der Waals surface area contributed by atoms with Crippen molar-refractivity contribution in [2.24, 2.45) is 0 Å². The number of unbranched alkanes of at least 4 members (excludes halogenated alkanes) is 2. The van der Waals surface area contributed by atoms with Crippen molar-refractivity contribution in [1.29, 1.82) is 0 Å². The van der Waals surface area contributed by atoms with Crippen LogP contribution in [-0.2, 0) is 9.59 Å². The second-order valence-corrected chi connectivity index (χ2v) is 6.30. The first-order valence-electron chi connectivity index (χ1n) is 7.41. The molecule has 0 spiro atoms. The maximum Gasteiger partial charge on any atom is 0.303 e. The number of hydrogen-bond acceptors (Lipinski definition) is 4. The number of carboxylic acids is 1. The highest BCUT2D eigenvalue weighted by Gasteiger charge is 2.19. The van der Waals surface area contributed by atoms with Gasteiger partial charge in [-0.05, 0) is 30.5 Å². The molecule has 0 fully saturated rings. The fourth-order valence-corrected chi connectivity index (χ4v) is 3.36. The number of carbonyl (C=O) groups is 2. The van der Waals surface area contributed by atoms with Gasteiger partial charge in [0.25, 0.3) is 0 Å². The van der Waals surface area contributed by atoms with Crippen LogP contribution in [0.5, 0.6) is 0 Å². The van der Waals surface area contributed by atoms with Crippen LogP contribution in [0.15, 0.2) is 35.6 Å². The van der Waals surface area contributed by atoms with E-state index in [0.717, 1.165) is 29.2 Å². The standard InChI is InChI=1S/C16H20N2O3S/c19-14(6-2-1-3-7-16(20)21)18-15-9-13(11-22-15)12-5-4-8-17-10-12/h4-5,8-10,13H,1-3,6-7,11H2,(H,18,19)(H,20,21). The molecule has 118 valence electrons. The summed E-state index contributed by atoms with van der Waals surface area (Å²) in [6.07, 6.45) is 8.42. The molecule has 2 heterocycles. The number of rotatable bonds is 8. The summed E-state index contributed by atoms with van der Waals surface area (Å²) in [5, 5.41) is 12.4. The minimum atomic E-state index is -0.779. The topological polar surface area (TPSA) is 79.3 Å². The number of allylic oxidation sites excluding steroid dienone is 1. The maximum atomic E-state index is 11.8. The third kappa shape index (κ3) is 5.52. The predicted octanol–water partition coefficient (Wildman–Crippen LogP) is 2.90. The van der Waals surface area contributed by atoms with Crippen LogP contribution >= 0.6 is 11.8 Å². The normalized spacial score (nSPS) is 17.1. The number of aromatic nitrogens is 1. The number of nitrogens with zero attached hydrogens (tertiary/aromatic N) is 1. The number of pyridine rings is 1. The Morgan fingerprint density at radius 1 is 1.32 bits per heavy atom. The van der Waals surface area contributed by atoms with Crippen LogP contribution in [0.3, 0.4) is 0 Å². The molecule has 5 nitrogen and oxygen atoms in total. The van der Waals surface area contributed by atoms with Gasteiger partial charge >= 0.3 is 5.97 Å². The van der Waals surface area contributed by atoms with Gasteiger partial charge in [0.15, 0.2) is 0 Å². The first-order valence-corrected chi connectivity index (χ1v) is 8.40. The zero-order chi connectivity index (χ0) is 15.8. The molecule has 0 saturated heterocycles. The fourth-order valence-electron chi connectivity index (χ4n) is 2.26. The summed E-state index contributed by atoms with van der Waals surface area (Å²) in [5.74, 6) is 0.434. The summed E-state index contributed by atoms with van der Waals surface area (Å²) in [5.41, 5.74) is 1.16. The lowest BCUT2D eigenvalue weighted by atomic mass is 10.0. The van der Waals surface area contributed by atoms with Crippen molar-refractivity contribution in [2.45, 2.75) is 38.0 Å². The molecule has 1 amide bonds. The monoisotopic (exact) mass is 320 g/mol. The zero-order valence-electron chi connectivity index (χ0n) is 12.3. The second kappa shape index (κ2) is 8.58. The number of thioether (sulfide) groups is 1. The van der Waals surface area contributed by atoms with Gasteiger partial charge in [0.05, 0.1) is 5.03 Å². The van der Waals surface area contributed by atoms with E-state index < -0.39 is 5.97 Å². The van der Waals surface area contributed by atoms with Gasteiger partial charge < -0.3 is 10.4 Å². The van der Waals surface area contributed by atoms with Crippen molar-refractivity contribution in [3.8, 4) is 0 Å². The minimum Gasteiger partial charge on any atom is -0.481 e. The van der Waals surface area contributed by atoms with Crippen molar-refractivity contribution < 1.29 is 14.7 Å². The lowest BCUT2D eigenvalue weighted by Crippen LogP contribution is -2.20. The molecule has 1 aromatic rings. The van der Waals surface area contributed by atoms with Crippen molar-refractivity contribution in [3.05, 3.63) is 41.2 Å². The van der Waals surface area contributed by atoms with Crippen LogP contribution < -0.4 is 5.32 Å². The molecule has 22 heavy (non-hydrogen) atoms. The molecular weight excluding hydrogens is 300 g/mol. The molecule has 0 saturated carbocycles. The smallest absolute Gasteiger partial charge is 0.303 e. The molecule has 1 aromatic heterocycles. The lowest BCUT2D eigenvalue weighted by Gasteiger charge is -2.04. The molecule has 1 aliphatic rings. The maximum absolute atomic E-state index is 11.8. The van der Waals surface area contributed by atoms with E-state index in [-0.39, 0.29) is 12.3 Å². The highest BCUT2D eigenvalue weighted by molar-refractivity contribution is 8.03. The van der Waals surface area contributed by atoms with Crippen LogP contribution in [0, 0.1) is 0 Å². The van der Waals surface area contributed by atoms with Gasteiger partial charge in [-0.3, -0.25) is 14.6 Å². The summed E-state index contributed by atoms with van der Waals surface area (Å²) < 4.78 is 0. The number of nitrogens with one attached hydrogen (secondary N) is 1. The Hall–Kier alpha value is -1.82. The van der Waals surface area contributed by atoms with Gasteiger partial charge in [-0.1, -0.05) is 12.5 Å². The summed E-state index contributed by atoms with van der Waals surface area (Å²) in [4.78, 5) is 26.3. The van der Waals surface area contributed by atoms with Crippen molar-refractivity contribution in [1.82, 2.24) is 10.3 Å². The van der Waals surface area contributed by atoms with E-state index in [4.69, 9.17) is 5.11 Å². The van der Waals surface area contributed by atoms with E-state index >= 15 is 0 Å². The van der Waals surface area contributed by atoms with Gasteiger partial charge in [-0.15, -0.1) is 11.8 Å². The molecule has 0 aliphatic carbocycles. The second-order valence-electron chi connectivity index (χ2n) is 5.24. The van der Waals surface area contributed by atoms with Crippen LogP contribution in [-0.4, -0.2) is 27.7 Å². The molecule has 0 radical (unpaired) electrons. The molecular formula is C16H20N2O3S. The van der Waals surface area contributed by atoms with Gasteiger partial charge in [-0.25, -0.2) is 0 Å². The number of aliphatic carboxylic acids is 1. The van der Waals surface area contributed by atoms with Crippen molar-refractivity contribution in [2.75, 3.05) is 5.75 Å². The molecule has 0 aromatic carbocycles. The SMILES string of the molecule is O=C(O)CCCCCC(=O)NC1=CC(c2cccnc2)CS1. The highest BCUT2D eigenvalue weighted by atomic mass is 32.2. The van der Waals surface area contributed by atoms with Crippen LogP contribution in [0.2, 0.25) is 0 Å². The Bertz CT molecular complexity index is 546. The minimum absolute atomic E-state index is 0.000844. The molecule has 2 N–H and O–H groups in total. The molecule has 0 bridgehead atoms. The first-order chi connectivity index (χ1) is 10.6. The molecule has 6 heteroatoms. The van der Waals surface area contributed by atoms with Crippen molar-refractivity contribution in [3.63, 3.8) is 0 Å². The van der Waals surface area contributed by atoms with E-state index in [0.29, 0.717) is 18.8 Å². The summed E-state index contributed by atoms with van der Waals surface area (Å²) in [6.45, 7) is 0. The number of carbonyl (C=O) groups excluding carboxylic acids is 1. The Labute approximate surface area is 134 Å². The summed E-state index contributed by atoms with van der Waals surface area (Å²) >= 11 is 1.64. The Morgan fingerprint density at radius 2 is 2.14 bits per heavy atom. The molecule has 1 aliphatic heterocycles. The largest absolute Gasteiger partial charge is 0.481 e. The fraction of sp³-hybridized carbons (Fsp3) is 0.438. The summed E-state index contributed by atoms with van der Waals surface area (Å²) in [6, 6.07) is 3.96. The zero-order valence-corrected chi connectivity index (χ0v) is 13.1. The van der Waals surface area contributed by atoms with E-state index in [9.17, 15) is 9.59 Å². The van der Waals surface area contributed by atoms with Gasteiger partial charge in [0.1, 0.15) is 0 Å². The van der Waals surface area contributed by atoms with E-state index in [1.54, 1.807) is 18.0 Å². The van der Waals surface area contributed by atoms with E-state index in [2.05, 4.69) is 16.4 Å². The van der Waals surface area contributed by atoms with Gasteiger partial charge in [0, 0.05) is 36.9 Å². The van der Waals surface area contributed by atoms with Crippen LogP contribution in [0.25, 0.3) is 0 Å². The number of hydrogen-bond donors (Lipinski definition) is 2. The van der Waals surface area contributed by atoms with Gasteiger partial charge in [0.2, 0.25) is 5.91 Å². The average Bonchev–Trinajstić information content (AvgIpc) is 2.96. The quantitative estimate of drug-likeness (QED) is 0.720. The van der Waals surface area contributed by atoms with Crippen molar-refractivity contribution >= 4 is 23.6 Å². The Morgan fingerprint density at radius 3 is 2.86 bits per heavy atom. The van der Waals surface area contributed by atoms with E-state index in [1.807, 2.05) is 18.3 Å². The molecule has 2 rings (SSSR count).